The molecule has 8 heteroatoms. The topological polar surface area (TPSA) is 93.7 Å². The smallest absolute Gasteiger partial charge is 0.265 e. The Kier molecular flexibility index (Phi) is 8.43. The summed E-state index contributed by atoms with van der Waals surface area (Å²) in [6.45, 7) is 2.64. The van der Waals surface area contributed by atoms with Crippen LogP contribution in [0, 0.1) is 0 Å². The maximum absolute atomic E-state index is 12.5. The lowest BCUT2D eigenvalue weighted by Gasteiger charge is -2.17. The second-order valence-corrected chi connectivity index (χ2v) is 7.85. The van der Waals surface area contributed by atoms with Crippen LogP contribution in [0.15, 0.2) is 59.5 Å². The molecule has 0 saturated carbocycles. The lowest BCUT2D eigenvalue weighted by molar-refractivity contribution is -0.122. The van der Waals surface area contributed by atoms with Crippen LogP contribution in [0.2, 0.25) is 0 Å². The Balaban J connectivity index is 1.96. The van der Waals surface area contributed by atoms with Gasteiger partial charge in [0.2, 0.25) is 10.0 Å². The number of sulfonamides is 1. The molecule has 0 aromatic heterocycles. The first-order chi connectivity index (χ1) is 13.5. The lowest BCUT2D eigenvalue weighted by Crippen LogP contribution is -2.32. The van der Waals surface area contributed by atoms with Crippen LogP contribution in [0.1, 0.15) is 19.8 Å². The van der Waals surface area contributed by atoms with E-state index >= 15 is 0 Å². The summed E-state index contributed by atoms with van der Waals surface area (Å²) in [6.07, 6.45) is 0.440. The molecular weight excluding hydrogens is 380 g/mol. The Morgan fingerprint density at radius 1 is 1.07 bits per heavy atom. The SMILES string of the molecule is CC[C@@H](Oc1ccccc1)C(=O)Nc1ccc(S(=O)(=O)NCCCOC)cc1. The van der Waals surface area contributed by atoms with Crippen LogP contribution >= 0.6 is 0 Å². The Hall–Kier alpha value is -2.42. The van der Waals surface area contributed by atoms with Crippen LogP contribution in [0.5, 0.6) is 5.75 Å². The molecule has 2 N–H and O–H groups in total. The maximum Gasteiger partial charge on any atom is 0.265 e. The zero-order valence-electron chi connectivity index (χ0n) is 16.1. The molecule has 0 spiro atoms. The van der Waals surface area contributed by atoms with Crippen molar-refractivity contribution < 1.29 is 22.7 Å². The molecule has 0 heterocycles. The standard InChI is InChI=1S/C20H26N2O5S/c1-3-19(27-17-8-5-4-6-9-17)20(23)22-16-10-12-18(13-11-16)28(24,25)21-14-7-15-26-2/h4-6,8-13,19,21H,3,7,14-15H2,1-2H3,(H,22,23)/t19-/m1/s1. The molecule has 0 fully saturated rings. The van der Waals surface area contributed by atoms with Gasteiger partial charge in [0, 0.05) is 25.9 Å². The van der Waals surface area contributed by atoms with E-state index in [0.29, 0.717) is 37.4 Å². The fraction of sp³-hybridized carbons (Fsp3) is 0.350. The van der Waals surface area contributed by atoms with Gasteiger partial charge < -0.3 is 14.8 Å². The van der Waals surface area contributed by atoms with Gasteiger partial charge in [-0.2, -0.15) is 0 Å². The predicted molar refractivity (Wildman–Crippen MR) is 108 cm³/mol. The number of carbonyl (C=O) groups is 1. The van der Waals surface area contributed by atoms with Crippen LogP contribution in [-0.2, 0) is 19.6 Å². The summed E-state index contributed by atoms with van der Waals surface area (Å²) in [5.74, 6) is 0.324. The number of hydrogen-bond acceptors (Lipinski definition) is 5. The summed E-state index contributed by atoms with van der Waals surface area (Å²) < 4.78 is 37.6. The molecule has 0 saturated heterocycles. The third-order valence-electron chi connectivity index (χ3n) is 3.93. The molecule has 2 rings (SSSR count). The first-order valence-corrected chi connectivity index (χ1v) is 10.6. The molecule has 2 aromatic carbocycles. The van der Waals surface area contributed by atoms with Crippen molar-refractivity contribution in [2.45, 2.75) is 30.8 Å². The third-order valence-corrected chi connectivity index (χ3v) is 5.41. The lowest BCUT2D eigenvalue weighted by atomic mass is 10.2. The Bertz CT molecular complexity index is 839. The van der Waals surface area contributed by atoms with Gasteiger partial charge in [-0.05, 0) is 49.2 Å². The summed E-state index contributed by atoms with van der Waals surface area (Å²) in [7, 11) is -2.03. The van der Waals surface area contributed by atoms with E-state index < -0.39 is 16.1 Å². The van der Waals surface area contributed by atoms with E-state index in [4.69, 9.17) is 9.47 Å². The molecule has 152 valence electrons. The quantitative estimate of drug-likeness (QED) is 0.560. The molecular formula is C20H26N2O5S. The van der Waals surface area contributed by atoms with Crippen molar-refractivity contribution >= 4 is 21.6 Å². The average molecular weight is 407 g/mol. The number of benzene rings is 2. The Morgan fingerprint density at radius 2 is 1.75 bits per heavy atom. The molecule has 1 amide bonds. The van der Waals surface area contributed by atoms with Crippen LogP contribution in [0.4, 0.5) is 5.69 Å². The van der Waals surface area contributed by atoms with Crippen LogP contribution in [0.25, 0.3) is 0 Å². The van der Waals surface area contributed by atoms with Gasteiger partial charge in [0.05, 0.1) is 4.90 Å². The summed E-state index contributed by atoms with van der Waals surface area (Å²) >= 11 is 0. The van der Waals surface area contributed by atoms with Crippen molar-refractivity contribution in [3.8, 4) is 5.75 Å². The van der Waals surface area contributed by atoms with E-state index in [1.165, 1.54) is 12.1 Å². The molecule has 7 nitrogen and oxygen atoms in total. The molecule has 2 aromatic rings. The minimum Gasteiger partial charge on any atom is -0.481 e. The van der Waals surface area contributed by atoms with Gasteiger partial charge in [-0.25, -0.2) is 13.1 Å². The minimum absolute atomic E-state index is 0.135. The number of methoxy groups -OCH3 is 1. The number of nitrogens with one attached hydrogen (secondary N) is 2. The molecule has 28 heavy (non-hydrogen) atoms. The molecule has 0 bridgehead atoms. The maximum atomic E-state index is 12.5. The normalized spacial score (nSPS) is 12.4. The summed E-state index contributed by atoms with van der Waals surface area (Å²) in [6, 6.07) is 15.1. The van der Waals surface area contributed by atoms with Gasteiger partial charge in [0.25, 0.3) is 5.91 Å². The van der Waals surface area contributed by atoms with E-state index in [1.807, 2.05) is 25.1 Å². The zero-order chi connectivity index (χ0) is 20.4. The molecule has 0 aliphatic rings. The average Bonchev–Trinajstić information content (AvgIpc) is 2.70. The van der Waals surface area contributed by atoms with E-state index in [9.17, 15) is 13.2 Å². The summed E-state index contributed by atoms with van der Waals surface area (Å²) in [5, 5.41) is 2.76. The highest BCUT2D eigenvalue weighted by molar-refractivity contribution is 7.89. The minimum atomic E-state index is -3.59. The van der Waals surface area contributed by atoms with Gasteiger partial charge in [-0.1, -0.05) is 25.1 Å². The number of carbonyl (C=O) groups excluding carboxylic acids is 1. The number of ether oxygens (including phenoxy) is 2. The molecule has 0 radical (unpaired) electrons. The van der Waals surface area contributed by atoms with Gasteiger partial charge in [-0.3, -0.25) is 4.79 Å². The number of hydrogen-bond donors (Lipinski definition) is 2. The largest absolute Gasteiger partial charge is 0.481 e. The van der Waals surface area contributed by atoms with E-state index in [1.54, 1.807) is 31.4 Å². The number of para-hydroxylation sites is 1. The second kappa shape index (κ2) is 10.8. The van der Waals surface area contributed by atoms with Crippen LogP contribution in [0.3, 0.4) is 0 Å². The number of rotatable bonds is 11. The Labute approximate surface area is 166 Å². The summed E-state index contributed by atoms with van der Waals surface area (Å²) in [4.78, 5) is 12.6. The highest BCUT2D eigenvalue weighted by atomic mass is 32.2. The predicted octanol–water partition coefficient (Wildman–Crippen LogP) is 2.80. The van der Waals surface area contributed by atoms with Crippen LogP contribution in [-0.4, -0.2) is 40.7 Å². The first-order valence-electron chi connectivity index (χ1n) is 9.07. The van der Waals surface area contributed by atoms with E-state index in [-0.39, 0.29) is 10.8 Å². The van der Waals surface area contributed by atoms with Crippen molar-refractivity contribution in [3.63, 3.8) is 0 Å². The van der Waals surface area contributed by atoms with Gasteiger partial charge in [0.1, 0.15) is 5.75 Å². The monoisotopic (exact) mass is 406 g/mol. The van der Waals surface area contributed by atoms with Gasteiger partial charge >= 0.3 is 0 Å². The molecule has 0 aliphatic heterocycles. The summed E-state index contributed by atoms with van der Waals surface area (Å²) in [5.41, 5.74) is 0.499. The number of amides is 1. The molecule has 0 unspecified atom stereocenters. The Morgan fingerprint density at radius 3 is 2.36 bits per heavy atom. The van der Waals surface area contributed by atoms with Crippen molar-refractivity contribution in [3.05, 3.63) is 54.6 Å². The van der Waals surface area contributed by atoms with Crippen molar-refractivity contribution in [1.29, 1.82) is 0 Å². The fourth-order valence-corrected chi connectivity index (χ4v) is 3.51. The van der Waals surface area contributed by atoms with Gasteiger partial charge in [-0.15, -0.1) is 0 Å². The van der Waals surface area contributed by atoms with Crippen molar-refractivity contribution in [2.75, 3.05) is 25.6 Å². The highest BCUT2D eigenvalue weighted by Crippen LogP contribution is 2.17. The first kappa shape index (κ1) is 21.9. The molecule has 1 atom stereocenters. The number of anilines is 1. The van der Waals surface area contributed by atoms with Crippen LogP contribution < -0.4 is 14.8 Å². The second-order valence-electron chi connectivity index (χ2n) is 6.09. The molecule has 0 aliphatic carbocycles. The fourth-order valence-electron chi connectivity index (χ4n) is 2.43. The highest BCUT2D eigenvalue weighted by Gasteiger charge is 2.19. The van der Waals surface area contributed by atoms with Crippen molar-refractivity contribution in [1.82, 2.24) is 4.72 Å². The van der Waals surface area contributed by atoms with E-state index in [2.05, 4.69) is 10.0 Å². The van der Waals surface area contributed by atoms with Gasteiger partial charge in [0.15, 0.2) is 6.10 Å². The zero-order valence-corrected chi connectivity index (χ0v) is 16.9. The van der Waals surface area contributed by atoms with E-state index in [0.717, 1.165) is 0 Å². The van der Waals surface area contributed by atoms with Crippen molar-refractivity contribution in [2.24, 2.45) is 0 Å². The third kappa shape index (κ3) is 6.63.